The van der Waals surface area contributed by atoms with Crippen molar-refractivity contribution in [2.75, 3.05) is 13.2 Å². The van der Waals surface area contributed by atoms with Crippen LogP contribution in [0.4, 0.5) is 0 Å². The summed E-state index contributed by atoms with van der Waals surface area (Å²) in [4.78, 5) is 0. The predicted octanol–water partition coefficient (Wildman–Crippen LogP) is -3.22. The lowest BCUT2D eigenvalue weighted by Gasteiger charge is -2.36. The van der Waals surface area contributed by atoms with Crippen LogP contribution in [-0.4, -0.2) is 69.1 Å². The Balaban J connectivity index is 2.46. The van der Waals surface area contributed by atoms with Crippen molar-refractivity contribution in [2.24, 2.45) is 0 Å². The van der Waals surface area contributed by atoms with E-state index >= 15 is 0 Å². The number of rotatable bonds is 3. The highest BCUT2D eigenvalue weighted by molar-refractivity contribution is 4.92. The quantitative estimate of drug-likeness (QED) is 0.290. The summed E-state index contributed by atoms with van der Waals surface area (Å²) in [5.41, 5.74) is 0. The average Bonchev–Trinajstić information content (AvgIpc) is 2.19. The van der Waals surface area contributed by atoms with Gasteiger partial charge in [0.05, 0.1) is 24.9 Å². The number of piperidine rings is 1. The van der Waals surface area contributed by atoms with Crippen molar-refractivity contribution in [3.05, 3.63) is 0 Å². The summed E-state index contributed by atoms with van der Waals surface area (Å²) in [5, 5.41) is 48.5. The molecule has 14 heavy (non-hydrogen) atoms. The third kappa shape index (κ3) is 2.63. The summed E-state index contributed by atoms with van der Waals surface area (Å²) < 4.78 is 0. The first-order valence-electron chi connectivity index (χ1n) is 4.62. The van der Waals surface area contributed by atoms with Crippen molar-refractivity contribution >= 4 is 0 Å². The molecular formula is C8H17NO5. The van der Waals surface area contributed by atoms with E-state index in [9.17, 15) is 15.3 Å². The maximum atomic E-state index is 9.49. The Labute approximate surface area is 81.8 Å². The lowest BCUT2D eigenvalue weighted by molar-refractivity contribution is -0.101. The van der Waals surface area contributed by atoms with Crippen LogP contribution in [0.3, 0.4) is 0 Å². The summed E-state index contributed by atoms with van der Waals surface area (Å²) in [6.07, 6.45) is -4.11. The topological polar surface area (TPSA) is 113 Å². The van der Waals surface area contributed by atoms with Crippen LogP contribution in [0.25, 0.3) is 0 Å². The Morgan fingerprint density at radius 2 is 1.86 bits per heavy atom. The molecule has 1 aliphatic heterocycles. The molecule has 0 aromatic rings. The Morgan fingerprint density at radius 1 is 1.21 bits per heavy atom. The van der Waals surface area contributed by atoms with Crippen LogP contribution < -0.4 is 5.32 Å². The van der Waals surface area contributed by atoms with Gasteiger partial charge in [0.2, 0.25) is 0 Å². The fourth-order valence-corrected chi connectivity index (χ4v) is 1.57. The third-order valence-electron chi connectivity index (χ3n) is 2.48. The Kier molecular flexibility index (Phi) is 4.24. The molecule has 1 heterocycles. The summed E-state index contributed by atoms with van der Waals surface area (Å²) in [7, 11) is 0. The normalized spacial score (nSPS) is 40.9. The lowest BCUT2D eigenvalue weighted by Crippen LogP contribution is -2.60. The van der Waals surface area contributed by atoms with Crippen molar-refractivity contribution in [1.29, 1.82) is 0 Å². The molecule has 0 bridgehead atoms. The fourth-order valence-electron chi connectivity index (χ4n) is 1.57. The monoisotopic (exact) mass is 207 g/mol. The van der Waals surface area contributed by atoms with Gasteiger partial charge < -0.3 is 30.8 Å². The first-order chi connectivity index (χ1) is 6.56. The van der Waals surface area contributed by atoms with Gasteiger partial charge >= 0.3 is 0 Å². The molecule has 6 nitrogen and oxygen atoms in total. The number of hydrogen-bond acceptors (Lipinski definition) is 6. The molecule has 84 valence electrons. The molecule has 0 saturated carbocycles. The largest absolute Gasteiger partial charge is 0.394 e. The minimum atomic E-state index is -1.20. The average molecular weight is 207 g/mol. The van der Waals surface area contributed by atoms with Crippen LogP contribution >= 0.6 is 0 Å². The van der Waals surface area contributed by atoms with E-state index in [0.717, 1.165) is 0 Å². The minimum Gasteiger partial charge on any atom is -0.394 e. The summed E-state index contributed by atoms with van der Waals surface area (Å²) in [5.74, 6) is 0. The molecule has 0 amide bonds. The van der Waals surface area contributed by atoms with Crippen LogP contribution in [0.15, 0.2) is 0 Å². The Morgan fingerprint density at radius 3 is 2.43 bits per heavy atom. The number of hydrogen-bond donors (Lipinski definition) is 6. The molecule has 0 spiro atoms. The molecule has 0 unspecified atom stereocenters. The lowest BCUT2D eigenvalue weighted by atomic mass is 9.92. The molecule has 6 heteroatoms. The van der Waals surface area contributed by atoms with Crippen LogP contribution in [0.2, 0.25) is 0 Å². The van der Waals surface area contributed by atoms with Crippen molar-refractivity contribution < 1.29 is 25.5 Å². The van der Waals surface area contributed by atoms with Gasteiger partial charge in [-0.2, -0.15) is 0 Å². The SMILES string of the molecule is OC[C@@H](O)C[C@@H]1NC[C@@H](O)[C@@H](O)[C@H]1O. The maximum Gasteiger partial charge on any atom is 0.108 e. The van der Waals surface area contributed by atoms with Gasteiger partial charge in [-0.15, -0.1) is 0 Å². The fraction of sp³-hybridized carbons (Fsp3) is 1.00. The van der Waals surface area contributed by atoms with Crippen molar-refractivity contribution in [1.82, 2.24) is 5.32 Å². The van der Waals surface area contributed by atoms with E-state index < -0.39 is 30.5 Å². The first kappa shape index (κ1) is 11.8. The number of β-amino-alcohol motifs (C(OH)–C–C–N with tert-alkyl or cyclic N) is 1. The van der Waals surface area contributed by atoms with Gasteiger partial charge in [0.15, 0.2) is 0 Å². The van der Waals surface area contributed by atoms with Crippen LogP contribution in [-0.2, 0) is 0 Å². The number of aliphatic hydroxyl groups is 5. The molecular weight excluding hydrogens is 190 g/mol. The van der Waals surface area contributed by atoms with E-state index in [4.69, 9.17) is 10.2 Å². The first-order valence-corrected chi connectivity index (χ1v) is 4.62. The third-order valence-corrected chi connectivity index (χ3v) is 2.48. The maximum absolute atomic E-state index is 9.49. The molecule has 0 aromatic heterocycles. The number of nitrogens with one attached hydrogen (secondary N) is 1. The highest BCUT2D eigenvalue weighted by atomic mass is 16.4. The molecule has 1 saturated heterocycles. The van der Waals surface area contributed by atoms with Gasteiger partial charge in [0.1, 0.15) is 6.10 Å². The molecule has 0 aliphatic carbocycles. The number of aliphatic hydroxyl groups excluding tert-OH is 5. The zero-order valence-electron chi connectivity index (χ0n) is 7.74. The minimum absolute atomic E-state index is 0.140. The molecule has 1 rings (SSSR count). The summed E-state index contributed by atoms with van der Waals surface area (Å²) >= 11 is 0. The van der Waals surface area contributed by atoms with Crippen LogP contribution in [0, 0.1) is 0 Å². The standard InChI is InChI=1S/C8H17NO5/c10-3-4(11)1-5-7(13)8(14)6(12)2-9-5/h4-14H,1-3H2/t4-,5-,6+,7-,8+/m0/s1. The Hall–Kier alpha value is -0.240. The zero-order valence-corrected chi connectivity index (χ0v) is 7.74. The van der Waals surface area contributed by atoms with Gasteiger partial charge in [-0.05, 0) is 6.42 Å². The predicted molar refractivity (Wildman–Crippen MR) is 47.5 cm³/mol. The van der Waals surface area contributed by atoms with Gasteiger partial charge in [0, 0.05) is 12.6 Å². The van der Waals surface area contributed by atoms with Crippen LogP contribution in [0.1, 0.15) is 6.42 Å². The van der Waals surface area contributed by atoms with E-state index in [-0.39, 0.29) is 19.6 Å². The van der Waals surface area contributed by atoms with Crippen LogP contribution in [0.5, 0.6) is 0 Å². The molecule has 1 aliphatic rings. The second-order valence-electron chi connectivity index (χ2n) is 3.64. The van der Waals surface area contributed by atoms with E-state index in [0.29, 0.717) is 0 Å². The van der Waals surface area contributed by atoms with E-state index in [1.165, 1.54) is 0 Å². The van der Waals surface area contributed by atoms with E-state index in [1.807, 2.05) is 0 Å². The highest BCUT2D eigenvalue weighted by Gasteiger charge is 2.36. The smallest absolute Gasteiger partial charge is 0.108 e. The van der Waals surface area contributed by atoms with Crippen molar-refractivity contribution in [3.8, 4) is 0 Å². The summed E-state index contributed by atoms with van der Waals surface area (Å²) in [6.45, 7) is -0.218. The molecule has 5 atom stereocenters. The second-order valence-corrected chi connectivity index (χ2v) is 3.64. The molecule has 6 N–H and O–H groups in total. The molecule has 0 aromatic carbocycles. The summed E-state index contributed by atoms with van der Waals surface area (Å²) in [6, 6.07) is -0.504. The van der Waals surface area contributed by atoms with E-state index in [2.05, 4.69) is 5.32 Å². The van der Waals surface area contributed by atoms with Gasteiger partial charge in [0.25, 0.3) is 0 Å². The molecule has 1 fully saturated rings. The van der Waals surface area contributed by atoms with Crippen molar-refractivity contribution in [3.63, 3.8) is 0 Å². The van der Waals surface area contributed by atoms with Gasteiger partial charge in [-0.3, -0.25) is 0 Å². The highest BCUT2D eigenvalue weighted by Crippen LogP contribution is 2.14. The van der Waals surface area contributed by atoms with Crippen molar-refractivity contribution in [2.45, 2.75) is 36.9 Å². The van der Waals surface area contributed by atoms with E-state index in [1.54, 1.807) is 0 Å². The second kappa shape index (κ2) is 5.01. The van der Waals surface area contributed by atoms with Gasteiger partial charge in [-0.25, -0.2) is 0 Å². The van der Waals surface area contributed by atoms with Gasteiger partial charge in [-0.1, -0.05) is 0 Å². The molecule has 0 radical (unpaired) electrons. The Bertz CT molecular complexity index is 179. The zero-order chi connectivity index (χ0) is 10.7.